The van der Waals surface area contributed by atoms with Crippen LogP contribution in [0.5, 0.6) is 11.5 Å². The van der Waals surface area contributed by atoms with Crippen molar-refractivity contribution in [3.05, 3.63) is 24.3 Å². The molecule has 2 rings (SSSR count). The second kappa shape index (κ2) is 4.34. The molecule has 16 heavy (non-hydrogen) atoms. The fourth-order valence-corrected chi connectivity index (χ4v) is 1.33. The molecule has 1 heterocycles. The van der Waals surface area contributed by atoms with Crippen LogP contribution in [-0.4, -0.2) is 24.9 Å². The van der Waals surface area contributed by atoms with Crippen LogP contribution in [0, 0.1) is 0 Å². The van der Waals surface area contributed by atoms with Gasteiger partial charge in [0.15, 0.2) is 11.5 Å². The second-order valence-corrected chi connectivity index (χ2v) is 4.93. The van der Waals surface area contributed by atoms with Crippen molar-refractivity contribution in [2.24, 2.45) is 0 Å². The fourth-order valence-electron chi connectivity index (χ4n) is 1.33. The van der Waals surface area contributed by atoms with E-state index in [4.69, 9.17) is 14.2 Å². The van der Waals surface area contributed by atoms with E-state index in [0.29, 0.717) is 6.61 Å². The van der Waals surface area contributed by atoms with Gasteiger partial charge in [-0.15, -0.1) is 0 Å². The van der Waals surface area contributed by atoms with Crippen LogP contribution in [0.1, 0.15) is 20.8 Å². The van der Waals surface area contributed by atoms with Gasteiger partial charge < -0.3 is 14.2 Å². The third-order valence-electron chi connectivity index (χ3n) is 2.09. The average Bonchev–Trinajstić information content (AvgIpc) is 2.98. The molecular weight excluding hydrogens is 204 g/mol. The molecule has 1 atom stereocenters. The van der Waals surface area contributed by atoms with Gasteiger partial charge in [-0.2, -0.15) is 0 Å². The van der Waals surface area contributed by atoms with Crippen LogP contribution >= 0.6 is 0 Å². The van der Waals surface area contributed by atoms with Crippen molar-refractivity contribution < 1.29 is 14.2 Å². The molecule has 1 aromatic rings. The molecule has 88 valence electrons. The maximum atomic E-state index is 5.82. The Labute approximate surface area is 96.3 Å². The Morgan fingerprint density at radius 1 is 1.25 bits per heavy atom. The van der Waals surface area contributed by atoms with E-state index in [-0.39, 0.29) is 11.7 Å². The predicted octanol–water partition coefficient (Wildman–Crippen LogP) is 2.64. The van der Waals surface area contributed by atoms with Crippen molar-refractivity contribution in [3.63, 3.8) is 0 Å². The summed E-state index contributed by atoms with van der Waals surface area (Å²) in [4.78, 5) is 0. The monoisotopic (exact) mass is 222 g/mol. The van der Waals surface area contributed by atoms with Crippen molar-refractivity contribution >= 4 is 0 Å². The Hall–Kier alpha value is -1.22. The lowest BCUT2D eigenvalue weighted by molar-refractivity contribution is 0.122. The molecule has 0 radical (unpaired) electrons. The van der Waals surface area contributed by atoms with E-state index in [2.05, 4.69) is 0 Å². The van der Waals surface area contributed by atoms with Gasteiger partial charge in [0, 0.05) is 0 Å². The van der Waals surface area contributed by atoms with Crippen molar-refractivity contribution in [1.29, 1.82) is 0 Å². The van der Waals surface area contributed by atoms with Gasteiger partial charge in [-0.05, 0) is 32.9 Å². The summed E-state index contributed by atoms with van der Waals surface area (Å²) >= 11 is 0. The highest BCUT2D eigenvalue weighted by molar-refractivity contribution is 5.39. The van der Waals surface area contributed by atoms with Crippen LogP contribution in [0.15, 0.2) is 24.3 Å². The largest absolute Gasteiger partial charge is 0.487 e. The molecule has 0 aromatic heterocycles. The number of epoxide rings is 1. The number of hydrogen-bond acceptors (Lipinski definition) is 3. The normalized spacial score (nSPS) is 19.3. The van der Waals surface area contributed by atoms with Crippen LogP contribution in [0.3, 0.4) is 0 Å². The van der Waals surface area contributed by atoms with Gasteiger partial charge in [0.2, 0.25) is 0 Å². The molecule has 0 N–H and O–H groups in total. The Morgan fingerprint density at radius 3 is 2.44 bits per heavy atom. The van der Waals surface area contributed by atoms with Crippen molar-refractivity contribution in [2.45, 2.75) is 32.5 Å². The van der Waals surface area contributed by atoms with Gasteiger partial charge >= 0.3 is 0 Å². The van der Waals surface area contributed by atoms with Crippen LogP contribution < -0.4 is 9.47 Å². The summed E-state index contributed by atoms with van der Waals surface area (Å²) in [5, 5.41) is 0. The molecule has 1 aliphatic heterocycles. The van der Waals surface area contributed by atoms with Crippen molar-refractivity contribution in [3.8, 4) is 11.5 Å². The Balaban J connectivity index is 2.03. The first kappa shape index (κ1) is 11.3. The molecular formula is C13H18O3. The van der Waals surface area contributed by atoms with Crippen molar-refractivity contribution in [2.75, 3.05) is 13.2 Å². The third kappa shape index (κ3) is 3.42. The minimum Gasteiger partial charge on any atom is -0.487 e. The summed E-state index contributed by atoms with van der Waals surface area (Å²) in [5.74, 6) is 1.57. The summed E-state index contributed by atoms with van der Waals surface area (Å²) < 4.78 is 16.6. The number of hydrogen-bond donors (Lipinski definition) is 0. The summed E-state index contributed by atoms with van der Waals surface area (Å²) in [6.07, 6.45) is 0.266. The highest BCUT2D eigenvalue weighted by atomic mass is 16.6. The minimum absolute atomic E-state index is 0.213. The van der Waals surface area contributed by atoms with Gasteiger partial charge in [-0.3, -0.25) is 0 Å². The van der Waals surface area contributed by atoms with E-state index in [9.17, 15) is 0 Å². The van der Waals surface area contributed by atoms with Crippen molar-refractivity contribution in [1.82, 2.24) is 0 Å². The SMILES string of the molecule is CC(C)(C)Oc1ccccc1OCC1CO1. The molecule has 0 bridgehead atoms. The molecule has 1 fully saturated rings. The molecule has 3 heteroatoms. The van der Waals surface area contributed by atoms with Gasteiger partial charge in [0.25, 0.3) is 0 Å². The van der Waals surface area contributed by atoms with Gasteiger partial charge in [0.05, 0.1) is 6.61 Å². The van der Waals surface area contributed by atoms with E-state index in [0.717, 1.165) is 18.1 Å². The first-order valence-corrected chi connectivity index (χ1v) is 5.57. The predicted molar refractivity (Wildman–Crippen MR) is 62.1 cm³/mol. The number of benzene rings is 1. The molecule has 1 aliphatic rings. The van der Waals surface area contributed by atoms with Gasteiger partial charge in [-0.25, -0.2) is 0 Å². The number of ether oxygens (including phenoxy) is 3. The Bertz CT molecular complexity index is 350. The molecule has 0 amide bonds. The van der Waals surface area contributed by atoms with Crippen LogP contribution in [0.25, 0.3) is 0 Å². The van der Waals surface area contributed by atoms with E-state index >= 15 is 0 Å². The maximum absolute atomic E-state index is 5.82. The first-order valence-electron chi connectivity index (χ1n) is 5.57. The first-order chi connectivity index (χ1) is 7.54. The second-order valence-electron chi connectivity index (χ2n) is 4.93. The maximum Gasteiger partial charge on any atom is 0.161 e. The van der Waals surface area contributed by atoms with Crippen LogP contribution in [-0.2, 0) is 4.74 Å². The zero-order valence-corrected chi connectivity index (χ0v) is 10.0. The van der Waals surface area contributed by atoms with E-state index in [1.54, 1.807) is 0 Å². The molecule has 0 aliphatic carbocycles. The molecule has 1 unspecified atom stereocenters. The number of rotatable bonds is 4. The summed E-state index contributed by atoms with van der Waals surface area (Å²) in [6, 6.07) is 7.73. The highest BCUT2D eigenvalue weighted by Gasteiger charge is 2.24. The third-order valence-corrected chi connectivity index (χ3v) is 2.09. The van der Waals surface area contributed by atoms with E-state index in [1.807, 2.05) is 45.0 Å². The zero-order chi connectivity index (χ0) is 11.6. The van der Waals surface area contributed by atoms with Crippen LogP contribution in [0.4, 0.5) is 0 Å². The molecule has 3 nitrogen and oxygen atoms in total. The lowest BCUT2D eigenvalue weighted by atomic mass is 10.2. The quantitative estimate of drug-likeness (QED) is 0.734. The lowest BCUT2D eigenvalue weighted by Crippen LogP contribution is -2.23. The molecule has 1 aromatic carbocycles. The number of para-hydroxylation sites is 2. The summed E-state index contributed by atoms with van der Waals surface area (Å²) in [7, 11) is 0. The Kier molecular flexibility index (Phi) is 3.06. The Morgan fingerprint density at radius 2 is 1.88 bits per heavy atom. The average molecular weight is 222 g/mol. The zero-order valence-electron chi connectivity index (χ0n) is 10.0. The summed E-state index contributed by atoms with van der Waals surface area (Å²) in [6.45, 7) is 7.47. The van der Waals surface area contributed by atoms with E-state index in [1.165, 1.54) is 0 Å². The standard InChI is InChI=1S/C13H18O3/c1-13(2,3)16-12-7-5-4-6-11(12)15-9-10-8-14-10/h4-7,10H,8-9H2,1-3H3. The topological polar surface area (TPSA) is 31.0 Å². The fraction of sp³-hybridized carbons (Fsp3) is 0.538. The van der Waals surface area contributed by atoms with Gasteiger partial charge in [0.1, 0.15) is 18.3 Å². The smallest absolute Gasteiger partial charge is 0.161 e. The highest BCUT2D eigenvalue weighted by Crippen LogP contribution is 2.30. The lowest BCUT2D eigenvalue weighted by Gasteiger charge is -2.22. The minimum atomic E-state index is -0.213. The molecule has 1 saturated heterocycles. The molecule has 0 spiro atoms. The van der Waals surface area contributed by atoms with Crippen LogP contribution in [0.2, 0.25) is 0 Å². The van der Waals surface area contributed by atoms with E-state index < -0.39 is 0 Å². The molecule has 0 saturated carbocycles. The van der Waals surface area contributed by atoms with Gasteiger partial charge in [-0.1, -0.05) is 12.1 Å². The summed E-state index contributed by atoms with van der Waals surface area (Å²) in [5.41, 5.74) is -0.213.